The Morgan fingerprint density at radius 2 is 1.62 bits per heavy atom. The van der Waals surface area contributed by atoms with Crippen LogP contribution in [0.2, 0.25) is 0 Å². The second-order valence-electron chi connectivity index (χ2n) is 5.63. The first-order valence-corrected chi connectivity index (χ1v) is 8.92. The molecule has 2 amide bonds. The third-order valence-corrected chi connectivity index (χ3v) is 4.47. The molecule has 2 aromatic carbocycles. The van der Waals surface area contributed by atoms with E-state index in [1.807, 2.05) is 41.8 Å². The van der Waals surface area contributed by atoms with Gasteiger partial charge in [0.2, 0.25) is 5.91 Å². The Morgan fingerprint density at radius 3 is 2.27 bits per heavy atom. The number of hydrogen-bond acceptors (Lipinski definition) is 4. The van der Waals surface area contributed by atoms with E-state index in [-0.39, 0.29) is 11.8 Å². The van der Waals surface area contributed by atoms with E-state index in [2.05, 4.69) is 10.6 Å². The van der Waals surface area contributed by atoms with E-state index in [0.717, 1.165) is 11.3 Å². The number of hydrogen-bond donors (Lipinski definition) is 2. The third kappa shape index (κ3) is 4.94. The number of thiophene rings is 1. The van der Waals surface area contributed by atoms with Crippen LogP contribution in [-0.4, -0.2) is 11.8 Å². The fourth-order valence-corrected chi connectivity index (χ4v) is 3.08. The van der Waals surface area contributed by atoms with Gasteiger partial charge in [-0.25, -0.2) is 0 Å². The van der Waals surface area contributed by atoms with Crippen molar-refractivity contribution in [3.8, 4) is 5.75 Å². The van der Waals surface area contributed by atoms with Gasteiger partial charge in [-0.3, -0.25) is 9.59 Å². The molecule has 0 spiro atoms. The quantitative estimate of drug-likeness (QED) is 0.673. The summed E-state index contributed by atoms with van der Waals surface area (Å²) in [7, 11) is 0. The predicted molar refractivity (Wildman–Crippen MR) is 104 cm³/mol. The fraction of sp³-hybridized carbons (Fsp3) is 0.100. The van der Waals surface area contributed by atoms with Gasteiger partial charge < -0.3 is 15.4 Å². The van der Waals surface area contributed by atoms with Gasteiger partial charge in [-0.2, -0.15) is 0 Å². The molecule has 3 rings (SSSR count). The number of nitrogens with one attached hydrogen (secondary N) is 2. The van der Waals surface area contributed by atoms with Crippen LogP contribution in [0.3, 0.4) is 0 Å². The lowest BCUT2D eigenvalue weighted by Crippen LogP contribution is -2.10. The molecule has 0 unspecified atom stereocenters. The largest absolute Gasteiger partial charge is 0.489 e. The fourth-order valence-electron chi connectivity index (χ4n) is 2.29. The number of carbonyl (C=O) groups excluding carboxylic acids is 2. The monoisotopic (exact) mass is 366 g/mol. The lowest BCUT2D eigenvalue weighted by atomic mass is 10.2. The number of rotatable bonds is 6. The summed E-state index contributed by atoms with van der Waals surface area (Å²) < 4.78 is 5.69. The van der Waals surface area contributed by atoms with Gasteiger partial charge in [-0.1, -0.05) is 18.2 Å². The Labute approximate surface area is 155 Å². The topological polar surface area (TPSA) is 67.4 Å². The average molecular weight is 366 g/mol. The summed E-state index contributed by atoms with van der Waals surface area (Å²) in [6.45, 7) is 1.87. The Balaban J connectivity index is 1.56. The van der Waals surface area contributed by atoms with Crippen LogP contribution in [0.25, 0.3) is 0 Å². The maximum Gasteiger partial charge on any atom is 0.265 e. The minimum Gasteiger partial charge on any atom is -0.489 e. The van der Waals surface area contributed by atoms with Crippen LogP contribution < -0.4 is 15.4 Å². The summed E-state index contributed by atoms with van der Waals surface area (Å²) >= 11 is 1.37. The van der Waals surface area contributed by atoms with Crippen LogP contribution in [0.4, 0.5) is 11.4 Å². The van der Waals surface area contributed by atoms with E-state index in [4.69, 9.17) is 4.74 Å². The molecule has 2 N–H and O–H groups in total. The minimum atomic E-state index is -0.173. The molecule has 0 saturated heterocycles. The van der Waals surface area contributed by atoms with E-state index >= 15 is 0 Å². The normalized spacial score (nSPS) is 10.2. The molecule has 0 aliphatic carbocycles. The maximum atomic E-state index is 12.4. The molecule has 3 aromatic rings. The summed E-state index contributed by atoms with van der Waals surface area (Å²) in [5, 5.41) is 7.44. The molecule has 0 saturated carbocycles. The molecule has 6 heteroatoms. The summed E-state index contributed by atoms with van der Waals surface area (Å²) in [6.07, 6.45) is 0. The number of para-hydroxylation sites is 1. The number of carbonyl (C=O) groups is 2. The van der Waals surface area contributed by atoms with Crippen molar-refractivity contribution >= 4 is 34.5 Å². The Hall–Kier alpha value is -3.12. The van der Waals surface area contributed by atoms with Crippen molar-refractivity contribution in [2.45, 2.75) is 13.5 Å². The molecule has 132 valence electrons. The second kappa shape index (κ2) is 8.31. The Kier molecular flexibility index (Phi) is 5.66. The molecule has 26 heavy (non-hydrogen) atoms. The molecule has 0 radical (unpaired) electrons. The molecule has 0 aliphatic rings. The van der Waals surface area contributed by atoms with Gasteiger partial charge in [0.1, 0.15) is 12.4 Å². The van der Waals surface area contributed by atoms with Gasteiger partial charge in [0.25, 0.3) is 5.91 Å². The van der Waals surface area contributed by atoms with E-state index in [1.54, 1.807) is 24.3 Å². The zero-order valence-electron chi connectivity index (χ0n) is 14.2. The molecule has 5 nitrogen and oxygen atoms in total. The maximum absolute atomic E-state index is 12.4. The predicted octanol–water partition coefficient (Wildman–Crippen LogP) is 4.54. The van der Waals surface area contributed by atoms with Gasteiger partial charge in [0, 0.05) is 23.9 Å². The van der Waals surface area contributed by atoms with E-state index in [9.17, 15) is 9.59 Å². The zero-order chi connectivity index (χ0) is 18.4. The highest BCUT2D eigenvalue weighted by atomic mass is 32.1. The average Bonchev–Trinajstić information content (AvgIpc) is 3.11. The zero-order valence-corrected chi connectivity index (χ0v) is 15.0. The van der Waals surface area contributed by atoms with E-state index < -0.39 is 0 Å². The van der Waals surface area contributed by atoms with E-state index in [1.165, 1.54) is 18.3 Å². The number of ether oxygens (including phenoxy) is 1. The summed E-state index contributed by atoms with van der Waals surface area (Å²) in [6, 6.07) is 18.4. The SMILES string of the molecule is CC(=O)Nc1ccc(NC(=O)c2cc(COc3ccccc3)cs2)cc1. The van der Waals surface area contributed by atoms with E-state index in [0.29, 0.717) is 22.9 Å². The van der Waals surface area contributed by atoms with Gasteiger partial charge in [0.15, 0.2) is 0 Å². The highest BCUT2D eigenvalue weighted by molar-refractivity contribution is 7.12. The molecular formula is C20H18N2O3S. The summed E-state index contributed by atoms with van der Waals surface area (Å²) in [5.74, 6) is 0.489. The van der Waals surface area contributed by atoms with Crippen molar-refractivity contribution in [3.63, 3.8) is 0 Å². The van der Waals surface area contributed by atoms with Gasteiger partial charge in [0.05, 0.1) is 4.88 Å². The van der Waals surface area contributed by atoms with Crippen LogP contribution in [0, 0.1) is 0 Å². The van der Waals surface area contributed by atoms with Crippen molar-refractivity contribution < 1.29 is 14.3 Å². The molecule has 0 fully saturated rings. The number of benzene rings is 2. The highest BCUT2D eigenvalue weighted by Gasteiger charge is 2.10. The first-order chi connectivity index (χ1) is 12.6. The van der Waals surface area contributed by atoms with Gasteiger partial charge >= 0.3 is 0 Å². The number of amides is 2. The molecule has 0 bridgehead atoms. The van der Waals surface area contributed by atoms with Crippen molar-refractivity contribution in [1.29, 1.82) is 0 Å². The number of anilines is 2. The first-order valence-electron chi connectivity index (χ1n) is 8.04. The lowest BCUT2D eigenvalue weighted by molar-refractivity contribution is -0.114. The van der Waals surface area contributed by atoms with Crippen molar-refractivity contribution in [3.05, 3.63) is 76.5 Å². The molecule has 1 heterocycles. The van der Waals surface area contributed by atoms with Crippen LogP contribution in [-0.2, 0) is 11.4 Å². The standard InChI is InChI=1S/C20H18N2O3S/c1-14(23)21-16-7-9-17(10-8-16)22-20(24)19-11-15(13-26-19)12-25-18-5-3-2-4-6-18/h2-11,13H,12H2,1H3,(H,21,23)(H,22,24). The van der Waals surface area contributed by atoms with Crippen molar-refractivity contribution in [2.24, 2.45) is 0 Å². The minimum absolute atomic E-state index is 0.134. The third-order valence-electron chi connectivity index (χ3n) is 3.49. The summed E-state index contributed by atoms with van der Waals surface area (Å²) in [5.41, 5.74) is 2.30. The van der Waals surface area contributed by atoms with Crippen LogP contribution in [0.1, 0.15) is 22.2 Å². The second-order valence-corrected chi connectivity index (χ2v) is 6.54. The molecule has 0 aliphatic heterocycles. The Morgan fingerprint density at radius 1 is 0.962 bits per heavy atom. The van der Waals surface area contributed by atoms with Crippen molar-refractivity contribution in [1.82, 2.24) is 0 Å². The lowest BCUT2D eigenvalue weighted by Gasteiger charge is -2.06. The molecule has 0 atom stereocenters. The van der Waals surface area contributed by atoms with Crippen molar-refractivity contribution in [2.75, 3.05) is 10.6 Å². The molecular weight excluding hydrogens is 348 g/mol. The highest BCUT2D eigenvalue weighted by Crippen LogP contribution is 2.20. The van der Waals surface area contributed by atoms with Crippen LogP contribution >= 0.6 is 11.3 Å². The van der Waals surface area contributed by atoms with Gasteiger partial charge in [-0.15, -0.1) is 11.3 Å². The smallest absolute Gasteiger partial charge is 0.265 e. The van der Waals surface area contributed by atoms with Crippen LogP contribution in [0.15, 0.2) is 66.0 Å². The summed E-state index contributed by atoms with van der Waals surface area (Å²) in [4.78, 5) is 24.0. The first kappa shape index (κ1) is 17.7. The molecule has 1 aromatic heterocycles. The van der Waals surface area contributed by atoms with Crippen LogP contribution in [0.5, 0.6) is 5.75 Å². The Bertz CT molecular complexity index is 889. The van der Waals surface area contributed by atoms with Gasteiger partial charge in [-0.05, 0) is 47.8 Å².